The lowest BCUT2D eigenvalue weighted by Crippen LogP contribution is -2.46. The number of rotatable bonds is 4. The first-order valence-corrected chi connectivity index (χ1v) is 9.21. The third kappa shape index (κ3) is 3.61. The van der Waals surface area contributed by atoms with E-state index in [9.17, 15) is 4.79 Å². The van der Waals surface area contributed by atoms with Gasteiger partial charge in [-0.3, -0.25) is 4.79 Å². The van der Waals surface area contributed by atoms with E-state index in [0.717, 1.165) is 44.1 Å². The van der Waals surface area contributed by atoms with E-state index in [1.54, 1.807) is 10.7 Å². The molecule has 0 spiro atoms. The van der Waals surface area contributed by atoms with Crippen molar-refractivity contribution < 1.29 is 4.79 Å². The van der Waals surface area contributed by atoms with Gasteiger partial charge in [0.15, 0.2) is 0 Å². The number of amides is 1. The Morgan fingerprint density at radius 3 is 2.52 bits per heavy atom. The minimum atomic E-state index is -0.343. The molecule has 1 aromatic carbocycles. The quantitative estimate of drug-likeness (QED) is 0.760. The van der Waals surface area contributed by atoms with Crippen LogP contribution in [-0.2, 0) is 0 Å². The second-order valence-corrected chi connectivity index (χ2v) is 6.66. The first-order valence-electron chi connectivity index (χ1n) is 9.21. The Morgan fingerprint density at radius 2 is 1.85 bits per heavy atom. The molecule has 8 nitrogen and oxygen atoms in total. The van der Waals surface area contributed by atoms with Crippen molar-refractivity contribution in [3.05, 3.63) is 48.0 Å². The molecule has 140 valence electrons. The highest BCUT2D eigenvalue weighted by Gasteiger charge is 2.17. The number of anilines is 2. The van der Waals surface area contributed by atoms with Crippen molar-refractivity contribution in [3.8, 4) is 0 Å². The van der Waals surface area contributed by atoms with E-state index in [1.165, 1.54) is 5.69 Å². The van der Waals surface area contributed by atoms with E-state index in [4.69, 9.17) is 0 Å². The lowest BCUT2D eigenvalue weighted by atomic mass is 10.2. The van der Waals surface area contributed by atoms with Gasteiger partial charge in [0.05, 0.1) is 0 Å². The highest BCUT2D eigenvalue weighted by molar-refractivity contribution is 6.01. The van der Waals surface area contributed by atoms with E-state index in [2.05, 4.69) is 37.1 Å². The Labute approximate surface area is 157 Å². The van der Waals surface area contributed by atoms with E-state index in [-0.39, 0.29) is 11.7 Å². The number of carbonyl (C=O) groups excluding carboxylic acids is 1. The Kier molecular flexibility index (Phi) is 4.72. The topological polar surface area (TPSA) is 78.7 Å². The normalized spacial score (nSPS) is 15.3. The summed E-state index contributed by atoms with van der Waals surface area (Å²) in [7, 11) is 0. The molecule has 1 fully saturated rings. The van der Waals surface area contributed by atoms with Crippen LogP contribution in [0.25, 0.3) is 5.78 Å². The SMILES string of the molecule is CCN1CCN(c2ccc(NC(=O)c3nc4nccc(C)n4n3)cc2)CC1. The zero-order chi connectivity index (χ0) is 18.8. The van der Waals surface area contributed by atoms with Crippen molar-refractivity contribution in [2.75, 3.05) is 42.9 Å². The molecule has 0 unspecified atom stereocenters. The van der Waals surface area contributed by atoms with Crippen LogP contribution in [0.5, 0.6) is 0 Å². The molecular weight excluding hydrogens is 342 g/mol. The van der Waals surface area contributed by atoms with Gasteiger partial charge >= 0.3 is 0 Å². The van der Waals surface area contributed by atoms with Crippen LogP contribution in [0.1, 0.15) is 23.2 Å². The van der Waals surface area contributed by atoms with Gasteiger partial charge in [-0.2, -0.15) is 4.98 Å². The molecule has 0 bridgehead atoms. The predicted octanol–water partition coefficient (Wildman–Crippen LogP) is 1.83. The lowest BCUT2D eigenvalue weighted by molar-refractivity contribution is 0.101. The monoisotopic (exact) mass is 365 g/mol. The van der Waals surface area contributed by atoms with Gasteiger partial charge in [0.1, 0.15) is 0 Å². The van der Waals surface area contributed by atoms with Crippen molar-refractivity contribution in [2.45, 2.75) is 13.8 Å². The smallest absolute Gasteiger partial charge is 0.295 e. The Morgan fingerprint density at radius 1 is 1.11 bits per heavy atom. The number of nitrogens with zero attached hydrogens (tertiary/aromatic N) is 6. The van der Waals surface area contributed by atoms with Crippen LogP contribution in [0.3, 0.4) is 0 Å². The number of hydrogen-bond acceptors (Lipinski definition) is 6. The molecule has 2 aromatic heterocycles. The fourth-order valence-corrected chi connectivity index (χ4v) is 3.27. The van der Waals surface area contributed by atoms with Crippen LogP contribution in [0.2, 0.25) is 0 Å². The summed E-state index contributed by atoms with van der Waals surface area (Å²) >= 11 is 0. The number of likely N-dealkylation sites (N-methyl/N-ethyl adjacent to an activating group) is 1. The number of aryl methyl sites for hydroxylation is 1. The summed E-state index contributed by atoms with van der Waals surface area (Å²) < 4.78 is 1.56. The molecule has 27 heavy (non-hydrogen) atoms. The minimum absolute atomic E-state index is 0.108. The molecule has 1 saturated heterocycles. The highest BCUT2D eigenvalue weighted by Crippen LogP contribution is 2.20. The van der Waals surface area contributed by atoms with E-state index in [1.807, 2.05) is 37.3 Å². The zero-order valence-corrected chi connectivity index (χ0v) is 15.6. The highest BCUT2D eigenvalue weighted by atomic mass is 16.2. The van der Waals surface area contributed by atoms with Gasteiger partial charge in [0.2, 0.25) is 5.82 Å². The maximum absolute atomic E-state index is 12.5. The fourth-order valence-electron chi connectivity index (χ4n) is 3.27. The van der Waals surface area contributed by atoms with Crippen LogP contribution in [-0.4, -0.2) is 63.1 Å². The van der Waals surface area contributed by atoms with Crippen molar-refractivity contribution in [3.63, 3.8) is 0 Å². The number of nitrogens with one attached hydrogen (secondary N) is 1. The minimum Gasteiger partial charge on any atom is -0.369 e. The van der Waals surface area contributed by atoms with Crippen molar-refractivity contribution in [1.29, 1.82) is 0 Å². The van der Waals surface area contributed by atoms with Crippen LogP contribution in [0.15, 0.2) is 36.5 Å². The van der Waals surface area contributed by atoms with Crippen molar-refractivity contribution >= 4 is 23.1 Å². The lowest BCUT2D eigenvalue weighted by Gasteiger charge is -2.35. The molecule has 0 radical (unpaired) electrons. The van der Waals surface area contributed by atoms with Gasteiger partial charge in [-0.25, -0.2) is 9.50 Å². The number of carbonyl (C=O) groups is 1. The van der Waals surface area contributed by atoms with E-state index >= 15 is 0 Å². The van der Waals surface area contributed by atoms with Gasteiger partial charge in [0.25, 0.3) is 11.7 Å². The van der Waals surface area contributed by atoms with Crippen molar-refractivity contribution in [1.82, 2.24) is 24.5 Å². The molecule has 4 rings (SSSR count). The molecule has 8 heteroatoms. The number of hydrogen-bond donors (Lipinski definition) is 1. The molecular formula is C19H23N7O. The molecule has 3 heterocycles. The first kappa shape index (κ1) is 17.4. The summed E-state index contributed by atoms with van der Waals surface area (Å²) in [6.45, 7) is 9.41. The second-order valence-electron chi connectivity index (χ2n) is 6.66. The molecule has 1 aliphatic rings. The summed E-state index contributed by atoms with van der Waals surface area (Å²) in [6, 6.07) is 9.74. The van der Waals surface area contributed by atoms with Crippen LogP contribution in [0, 0.1) is 6.92 Å². The maximum atomic E-state index is 12.5. The van der Waals surface area contributed by atoms with Crippen molar-refractivity contribution in [2.24, 2.45) is 0 Å². The van der Waals surface area contributed by atoms with Crippen LogP contribution < -0.4 is 10.2 Å². The Balaban J connectivity index is 1.43. The number of aromatic nitrogens is 4. The summed E-state index contributed by atoms with van der Waals surface area (Å²) in [5.41, 5.74) is 2.77. The zero-order valence-electron chi connectivity index (χ0n) is 15.6. The van der Waals surface area contributed by atoms with Gasteiger partial charge < -0.3 is 15.1 Å². The second kappa shape index (κ2) is 7.32. The number of benzene rings is 1. The first-order chi connectivity index (χ1) is 13.1. The molecule has 0 saturated carbocycles. The molecule has 1 amide bonds. The standard InChI is InChI=1S/C19H23N7O/c1-3-24-10-12-25(13-11-24)16-6-4-15(5-7-16)21-18(27)17-22-19-20-9-8-14(2)26(19)23-17/h4-9H,3,10-13H2,1-2H3,(H,21,27). The van der Waals surface area contributed by atoms with Gasteiger partial charge in [0, 0.05) is 49.4 Å². The van der Waals surface area contributed by atoms with E-state index < -0.39 is 0 Å². The van der Waals surface area contributed by atoms with Gasteiger partial charge in [-0.1, -0.05) is 6.92 Å². The predicted molar refractivity (Wildman–Crippen MR) is 104 cm³/mol. The molecule has 0 atom stereocenters. The summed E-state index contributed by atoms with van der Waals surface area (Å²) in [5.74, 6) is 0.183. The maximum Gasteiger partial charge on any atom is 0.295 e. The number of piperazine rings is 1. The van der Waals surface area contributed by atoms with Gasteiger partial charge in [-0.15, -0.1) is 5.10 Å². The van der Waals surface area contributed by atoms with Crippen LogP contribution in [0.4, 0.5) is 11.4 Å². The molecule has 3 aromatic rings. The summed E-state index contributed by atoms with van der Waals surface area (Å²) in [4.78, 5) is 25.6. The third-order valence-electron chi connectivity index (χ3n) is 4.94. The van der Waals surface area contributed by atoms with Gasteiger partial charge in [-0.05, 0) is 43.8 Å². The van der Waals surface area contributed by atoms with Crippen LogP contribution >= 0.6 is 0 Å². The summed E-state index contributed by atoms with van der Waals surface area (Å²) in [6.07, 6.45) is 1.65. The number of fused-ring (bicyclic) bond motifs is 1. The molecule has 0 aliphatic carbocycles. The largest absolute Gasteiger partial charge is 0.369 e. The molecule has 1 aliphatic heterocycles. The van der Waals surface area contributed by atoms with E-state index in [0.29, 0.717) is 5.78 Å². The third-order valence-corrected chi connectivity index (χ3v) is 4.94. The Hall–Kier alpha value is -3.00. The average Bonchev–Trinajstić information content (AvgIpc) is 3.15. The summed E-state index contributed by atoms with van der Waals surface area (Å²) in [5, 5.41) is 7.09. The fraction of sp³-hybridized carbons (Fsp3) is 0.368. The molecule has 1 N–H and O–H groups in total. The Bertz CT molecular complexity index is 942. The average molecular weight is 365 g/mol.